The van der Waals surface area contributed by atoms with Gasteiger partial charge in [-0.25, -0.2) is 4.79 Å². The first-order chi connectivity index (χ1) is 12.3. The van der Waals surface area contributed by atoms with E-state index >= 15 is 0 Å². The van der Waals surface area contributed by atoms with Gasteiger partial charge in [0.05, 0.1) is 13.2 Å². The zero-order valence-electron chi connectivity index (χ0n) is 15.6. The van der Waals surface area contributed by atoms with Crippen LogP contribution in [0.2, 0.25) is 0 Å². The molecule has 1 atom stereocenters. The standard InChI is InChI=1S/C20H27NO5/c1-12-11-15-16(13(2)20(6-7-20)19(3,25)17(15)23)14(12)5-4-10-26-18(24)21-8-9-22/h11,22,25H,4-10H2,1-3H3,(H,21,24)/t19-/m0/s1. The van der Waals surface area contributed by atoms with E-state index in [0.29, 0.717) is 18.4 Å². The van der Waals surface area contributed by atoms with Crippen LogP contribution in [-0.2, 0) is 9.53 Å². The number of hydrogen-bond donors (Lipinski definition) is 3. The second-order valence-electron chi connectivity index (χ2n) is 7.59. The van der Waals surface area contributed by atoms with Crippen molar-refractivity contribution < 1.29 is 24.5 Å². The molecular weight excluding hydrogens is 334 g/mol. The minimum atomic E-state index is -1.32. The van der Waals surface area contributed by atoms with Gasteiger partial charge in [0.2, 0.25) is 0 Å². The number of carbonyl (C=O) groups excluding carboxylic acids is 2. The number of carbonyl (C=O) groups is 2. The average molecular weight is 361 g/mol. The van der Waals surface area contributed by atoms with Gasteiger partial charge in [0.15, 0.2) is 5.78 Å². The Bertz CT molecular complexity index is 737. The molecule has 3 aliphatic rings. The van der Waals surface area contributed by atoms with E-state index in [1.807, 2.05) is 19.9 Å². The monoisotopic (exact) mass is 361 g/mol. The molecule has 3 rings (SSSR count). The number of ether oxygens (including phenoxy) is 1. The number of alkyl carbamates (subject to hydrolysis) is 1. The first kappa shape index (κ1) is 18.9. The van der Waals surface area contributed by atoms with Crippen LogP contribution in [0.25, 0.3) is 0 Å². The summed E-state index contributed by atoms with van der Waals surface area (Å²) in [6, 6.07) is 0. The van der Waals surface area contributed by atoms with Crippen molar-refractivity contribution in [2.45, 2.75) is 52.1 Å². The van der Waals surface area contributed by atoms with Gasteiger partial charge in [0.1, 0.15) is 5.60 Å². The highest BCUT2D eigenvalue weighted by Gasteiger charge is 2.64. The van der Waals surface area contributed by atoms with Crippen molar-refractivity contribution in [2.75, 3.05) is 19.8 Å². The van der Waals surface area contributed by atoms with Crippen molar-refractivity contribution in [3.8, 4) is 0 Å². The van der Waals surface area contributed by atoms with Gasteiger partial charge in [0.25, 0.3) is 0 Å². The number of rotatable bonds is 6. The van der Waals surface area contributed by atoms with Gasteiger partial charge in [-0.3, -0.25) is 4.79 Å². The van der Waals surface area contributed by atoms with Crippen molar-refractivity contribution in [3.63, 3.8) is 0 Å². The van der Waals surface area contributed by atoms with E-state index in [-0.39, 0.29) is 25.5 Å². The summed E-state index contributed by atoms with van der Waals surface area (Å²) in [5.41, 5.74) is 3.17. The lowest BCUT2D eigenvalue weighted by molar-refractivity contribution is -0.137. The van der Waals surface area contributed by atoms with Crippen LogP contribution < -0.4 is 5.32 Å². The number of fused-ring (bicyclic) bond motifs is 1. The molecule has 0 saturated heterocycles. The summed E-state index contributed by atoms with van der Waals surface area (Å²) in [7, 11) is 0. The fourth-order valence-electron chi connectivity index (χ4n) is 4.36. The summed E-state index contributed by atoms with van der Waals surface area (Å²) in [4.78, 5) is 24.3. The number of hydrogen-bond acceptors (Lipinski definition) is 5. The summed E-state index contributed by atoms with van der Waals surface area (Å²) >= 11 is 0. The average Bonchev–Trinajstić information content (AvgIpc) is 3.35. The minimum absolute atomic E-state index is 0.122. The molecule has 26 heavy (non-hydrogen) atoms. The lowest BCUT2D eigenvalue weighted by Gasteiger charge is -2.39. The zero-order valence-corrected chi connectivity index (χ0v) is 15.6. The first-order valence-corrected chi connectivity index (χ1v) is 9.18. The number of aliphatic hydroxyl groups is 2. The quantitative estimate of drug-likeness (QED) is 0.630. The van der Waals surface area contributed by atoms with Crippen LogP contribution in [0.3, 0.4) is 0 Å². The Balaban J connectivity index is 1.70. The molecule has 6 heteroatoms. The van der Waals surface area contributed by atoms with Crippen molar-refractivity contribution in [1.29, 1.82) is 0 Å². The normalized spacial score (nSPS) is 26.2. The highest BCUT2D eigenvalue weighted by molar-refractivity contribution is 6.10. The molecule has 0 bridgehead atoms. The number of ketones is 1. The number of amides is 1. The Morgan fingerprint density at radius 3 is 2.65 bits per heavy atom. The molecule has 1 saturated carbocycles. The molecule has 0 radical (unpaired) electrons. The van der Waals surface area contributed by atoms with Crippen molar-refractivity contribution in [3.05, 3.63) is 33.9 Å². The third-order valence-electron chi connectivity index (χ3n) is 6.05. The summed E-state index contributed by atoms with van der Waals surface area (Å²) in [5.74, 6) is -0.176. The van der Waals surface area contributed by atoms with Crippen LogP contribution >= 0.6 is 0 Å². The maximum Gasteiger partial charge on any atom is 0.407 e. The molecule has 0 aromatic heterocycles. The van der Waals surface area contributed by atoms with Crippen LogP contribution in [0, 0.1) is 5.41 Å². The molecular formula is C20H27NO5. The third kappa shape index (κ3) is 2.81. The molecule has 1 spiro atoms. The van der Waals surface area contributed by atoms with Crippen molar-refractivity contribution in [1.82, 2.24) is 5.32 Å². The number of allylic oxidation sites excluding steroid dienone is 4. The highest BCUT2D eigenvalue weighted by atomic mass is 16.5. The van der Waals surface area contributed by atoms with Gasteiger partial charge in [-0.05, 0) is 69.2 Å². The Labute approximate surface area is 153 Å². The highest BCUT2D eigenvalue weighted by Crippen LogP contribution is 2.65. The zero-order chi connectivity index (χ0) is 19.1. The SMILES string of the molecule is CC1=C(CCCOC(=O)NCCO)C2=C(C)C3(CC3)[C@@](C)(O)C(=O)C2=C1. The predicted molar refractivity (Wildman–Crippen MR) is 96.5 cm³/mol. The van der Waals surface area contributed by atoms with E-state index in [9.17, 15) is 14.7 Å². The molecule has 0 heterocycles. The maximum absolute atomic E-state index is 12.9. The van der Waals surface area contributed by atoms with Crippen LogP contribution in [0.15, 0.2) is 33.9 Å². The fraction of sp³-hybridized carbons (Fsp3) is 0.600. The van der Waals surface area contributed by atoms with Crippen LogP contribution in [0.1, 0.15) is 46.5 Å². The van der Waals surface area contributed by atoms with Gasteiger partial charge in [0, 0.05) is 17.5 Å². The molecule has 0 unspecified atom stereocenters. The fourth-order valence-corrected chi connectivity index (χ4v) is 4.36. The van der Waals surface area contributed by atoms with E-state index in [4.69, 9.17) is 9.84 Å². The Morgan fingerprint density at radius 1 is 1.35 bits per heavy atom. The van der Waals surface area contributed by atoms with E-state index in [0.717, 1.165) is 35.1 Å². The van der Waals surface area contributed by atoms with Gasteiger partial charge in [-0.1, -0.05) is 5.57 Å². The molecule has 0 aliphatic heterocycles. The second kappa shape index (κ2) is 6.67. The minimum Gasteiger partial charge on any atom is -0.450 e. The lowest BCUT2D eigenvalue weighted by atomic mass is 9.67. The number of nitrogens with one attached hydrogen (secondary N) is 1. The van der Waals surface area contributed by atoms with Crippen LogP contribution in [0.5, 0.6) is 0 Å². The van der Waals surface area contributed by atoms with Crippen LogP contribution in [-0.4, -0.2) is 47.4 Å². The summed E-state index contributed by atoms with van der Waals surface area (Å²) in [6.07, 6.45) is 4.39. The third-order valence-corrected chi connectivity index (χ3v) is 6.05. The largest absolute Gasteiger partial charge is 0.450 e. The molecule has 142 valence electrons. The van der Waals surface area contributed by atoms with E-state index in [1.165, 1.54) is 0 Å². The molecule has 1 amide bonds. The Hall–Kier alpha value is -1.92. The summed E-state index contributed by atoms with van der Waals surface area (Å²) in [6.45, 7) is 5.99. The van der Waals surface area contributed by atoms with E-state index < -0.39 is 17.1 Å². The molecule has 6 nitrogen and oxygen atoms in total. The summed E-state index contributed by atoms with van der Waals surface area (Å²) in [5, 5.41) is 22.0. The smallest absolute Gasteiger partial charge is 0.407 e. The summed E-state index contributed by atoms with van der Waals surface area (Å²) < 4.78 is 5.09. The Kier molecular flexibility index (Phi) is 4.84. The number of Topliss-reactive ketones (excluding diaryl/α,β-unsaturated/α-hetero) is 1. The number of aliphatic hydroxyl groups excluding tert-OH is 1. The molecule has 0 aromatic carbocycles. The second-order valence-corrected chi connectivity index (χ2v) is 7.59. The molecule has 1 fully saturated rings. The topological polar surface area (TPSA) is 95.9 Å². The molecule has 3 aliphatic carbocycles. The lowest BCUT2D eigenvalue weighted by Crippen LogP contribution is -2.49. The Morgan fingerprint density at radius 2 is 2.04 bits per heavy atom. The predicted octanol–water partition coefficient (Wildman–Crippen LogP) is 2.17. The van der Waals surface area contributed by atoms with Gasteiger partial charge < -0.3 is 20.3 Å². The molecule has 0 aromatic rings. The molecule has 3 N–H and O–H groups in total. The van der Waals surface area contributed by atoms with Gasteiger partial charge >= 0.3 is 6.09 Å². The van der Waals surface area contributed by atoms with E-state index in [2.05, 4.69) is 5.32 Å². The van der Waals surface area contributed by atoms with Crippen molar-refractivity contribution in [2.24, 2.45) is 5.41 Å². The van der Waals surface area contributed by atoms with Gasteiger partial charge in [-0.2, -0.15) is 0 Å². The first-order valence-electron chi connectivity index (χ1n) is 9.18. The van der Waals surface area contributed by atoms with Gasteiger partial charge in [-0.15, -0.1) is 0 Å². The maximum atomic E-state index is 12.9. The van der Waals surface area contributed by atoms with E-state index in [1.54, 1.807) is 6.92 Å². The van der Waals surface area contributed by atoms with Crippen molar-refractivity contribution >= 4 is 11.9 Å². The van der Waals surface area contributed by atoms with Crippen LogP contribution in [0.4, 0.5) is 4.79 Å².